The van der Waals surface area contributed by atoms with Crippen molar-refractivity contribution in [1.29, 1.82) is 0 Å². The third-order valence-electron chi connectivity index (χ3n) is 5.38. The Morgan fingerprint density at radius 3 is 2.43 bits per heavy atom. The van der Waals surface area contributed by atoms with Crippen molar-refractivity contribution in [2.75, 3.05) is 24.7 Å². The zero-order chi connectivity index (χ0) is 26.0. The van der Waals surface area contributed by atoms with E-state index in [1.165, 1.54) is 0 Å². The second-order valence-corrected chi connectivity index (χ2v) is 10.0. The van der Waals surface area contributed by atoms with Crippen LogP contribution in [-0.4, -0.2) is 31.7 Å². The van der Waals surface area contributed by atoms with E-state index in [0.29, 0.717) is 13.2 Å². The van der Waals surface area contributed by atoms with Gasteiger partial charge in [-0.05, 0) is 38.1 Å². The van der Waals surface area contributed by atoms with Crippen molar-refractivity contribution in [2.24, 2.45) is 0 Å². The van der Waals surface area contributed by atoms with Gasteiger partial charge >= 0.3 is 11.9 Å². The first-order valence-corrected chi connectivity index (χ1v) is 13.7. The summed E-state index contributed by atoms with van der Waals surface area (Å²) < 4.78 is 13.4. The molecule has 0 unspecified atom stereocenters. The molecule has 0 atom stereocenters. The predicted molar refractivity (Wildman–Crippen MR) is 150 cm³/mol. The maximum atomic E-state index is 12.1. The zero-order valence-electron chi connectivity index (χ0n) is 20.8. The summed E-state index contributed by atoms with van der Waals surface area (Å²) in [6, 6.07) is 16.1. The maximum Gasteiger partial charge on any atom is 0.372 e. The van der Waals surface area contributed by atoms with E-state index in [1.807, 2.05) is 102 Å². The van der Waals surface area contributed by atoms with E-state index >= 15 is 0 Å². The van der Waals surface area contributed by atoms with Crippen LogP contribution < -0.4 is 9.47 Å². The lowest BCUT2D eigenvalue weighted by molar-refractivity contribution is -0.657. The summed E-state index contributed by atoms with van der Waals surface area (Å²) in [5, 5.41) is 1.94. The summed E-state index contributed by atoms with van der Waals surface area (Å²) in [5.41, 5.74) is 2.02. The number of aromatic nitrogens is 1. The van der Waals surface area contributed by atoms with Crippen molar-refractivity contribution in [3.05, 3.63) is 95.0 Å². The molecule has 0 saturated heterocycles. The number of hydrogen-bond donors (Lipinski definition) is 0. The largest absolute Gasteiger partial charge is 0.465 e. The molecule has 0 saturated carbocycles. The van der Waals surface area contributed by atoms with Crippen LogP contribution in [0.4, 0.5) is 5.69 Å². The highest BCUT2D eigenvalue weighted by Gasteiger charge is 2.26. The highest BCUT2D eigenvalue weighted by atomic mass is 32.2. The Morgan fingerprint density at radius 2 is 1.59 bits per heavy atom. The summed E-state index contributed by atoms with van der Waals surface area (Å²) in [4.78, 5) is 27.4. The first-order valence-electron chi connectivity index (χ1n) is 12.1. The summed E-state index contributed by atoms with van der Waals surface area (Å²) in [6.45, 7) is 4.71. The van der Waals surface area contributed by atoms with Crippen LogP contribution in [0, 0.1) is 0 Å². The third kappa shape index (κ3) is 6.78. The van der Waals surface area contributed by atoms with Crippen LogP contribution in [0.15, 0.2) is 94.9 Å². The summed E-state index contributed by atoms with van der Waals surface area (Å²) >= 11 is 3.26. The molecule has 0 aliphatic carbocycles. The van der Waals surface area contributed by atoms with Gasteiger partial charge in [0, 0.05) is 17.0 Å². The molecule has 0 spiro atoms. The molecule has 0 fully saturated rings. The molecule has 190 valence electrons. The van der Waals surface area contributed by atoms with Crippen molar-refractivity contribution < 1.29 is 23.6 Å². The molecule has 0 amide bonds. The van der Waals surface area contributed by atoms with Crippen molar-refractivity contribution in [1.82, 2.24) is 0 Å². The Bertz CT molecular complexity index is 1390. The second-order valence-electron chi connectivity index (χ2n) is 7.89. The average molecular weight is 534 g/mol. The van der Waals surface area contributed by atoms with Crippen LogP contribution in [0.25, 0.3) is 16.3 Å². The Labute approximate surface area is 225 Å². The van der Waals surface area contributed by atoms with Crippen LogP contribution in [0.5, 0.6) is 0 Å². The molecule has 2 heterocycles. The number of thiazole rings is 1. The number of carbonyl (C=O) groups excluding carboxylic acids is 2. The van der Waals surface area contributed by atoms with Gasteiger partial charge in [-0.3, -0.25) is 4.79 Å². The Hall–Kier alpha value is -3.62. The van der Waals surface area contributed by atoms with Crippen molar-refractivity contribution in [3.63, 3.8) is 0 Å². The van der Waals surface area contributed by atoms with Gasteiger partial charge in [0.2, 0.25) is 12.1 Å². The van der Waals surface area contributed by atoms with Gasteiger partial charge in [0.25, 0.3) is 5.01 Å². The van der Waals surface area contributed by atoms with E-state index < -0.39 is 0 Å². The molecule has 1 aliphatic heterocycles. The molecule has 2 aromatic carbocycles. The topological polar surface area (TPSA) is 59.7 Å². The normalized spacial score (nSPS) is 14.4. The first-order chi connectivity index (χ1) is 18.1. The van der Waals surface area contributed by atoms with Crippen molar-refractivity contribution in [2.45, 2.75) is 25.3 Å². The maximum absolute atomic E-state index is 12.1. The highest BCUT2D eigenvalue weighted by molar-refractivity contribution is 8.03. The fourth-order valence-electron chi connectivity index (χ4n) is 3.82. The standard InChI is InChI=1S/C29H29N2O4S2/c1-3-34-28(32)20-30-22-14-10-12-16-24(22)36-26(30)18-8-6-5-7-9-19-27-31(21-29(33)35-4-2)23-15-11-13-17-25(23)37-27/h5-19H,3-4,20-21H2,1-2H3/q+1. The molecule has 3 aromatic rings. The number of rotatable bonds is 10. The Kier molecular flexibility index (Phi) is 9.35. The highest BCUT2D eigenvalue weighted by Crippen LogP contribution is 2.45. The molecule has 0 N–H and O–H groups in total. The summed E-state index contributed by atoms with van der Waals surface area (Å²) in [7, 11) is 0. The summed E-state index contributed by atoms with van der Waals surface area (Å²) in [5.74, 6) is -0.498. The van der Waals surface area contributed by atoms with Crippen LogP contribution >= 0.6 is 23.1 Å². The molecule has 4 rings (SSSR count). The van der Waals surface area contributed by atoms with Gasteiger partial charge in [0.05, 0.1) is 23.9 Å². The minimum absolute atomic E-state index is 0.178. The quantitative estimate of drug-likeness (QED) is 0.184. The van der Waals surface area contributed by atoms with Crippen LogP contribution in [-0.2, 0) is 25.6 Å². The molecular weight excluding hydrogens is 504 g/mol. The number of carbonyl (C=O) groups is 2. The molecule has 1 aliphatic rings. The number of esters is 2. The fourth-order valence-corrected chi connectivity index (χ4v) is 5.97. The van der Waals surface area contributed by atoms with Crippen LogP contribution in [0.1, 0.15) is 18.9 Å². The molecule has 8 heteroatoms. The summed E-state index contributed by atoms with van der Waals surface area (Å²) in [6.07, 6.45) is 13.7. The number of anilines is 1. The van der Waals surface area contributed by atoms with Crippen LogP contribution in [0.3, 0.4) is 0 Å². The number of ether oxygens (including phenoxy) is 2. The molecule has 6 nitrogen and oxygen atoms in total. The second kappa shape index (κ2) is 13.1. The Balaban J connectivity index is 1.44. The lowest BCUT2D eigenvalue weighted by Gasteiger charge is -2.18. The lowest BCUT2D eigenvalue weighted by atomic mass is 10.3. The smallest absolute Gasteiger partial charge is 0.372 e. The predicted octanol–water partition coefficient (Wildman–Crippen LogP) is 5.89. The number of benzene rings is 2. The molecule has 0 radical (unpaired) electrons. The number of hydrogen-bond acceptors (Lipinski definition) is 7. The SMILES string of the molecule is CCOC(=O)CN1/C(=C/C=C/C=C/C=C/c2sc3ccccc3[n+]2CC(=O)OCC)Sc2ccccc21. The lowest BCUT2D eigenvalue weighted by Crippen LogP contribution is -2.39. The van der Waals surface area contributed by atoms with Gasteiger partial charge in [-0.15, -0.1) is 0 Å². The molecule has 37 heavy (non-hydrogen) atoms. The zero-order valence-corrected chi connectivity index (χ0v) is 22.5. The molecular formula is C29H29N2O4S2+. The average Bonchev–Trinajstić information content (AvgIpc) is 3.41. The van der Waals surface area contributed by atoms with E-state index in [9.17, 15) is 9.59 Å². The minimum Gasteiger partial charge on any atom is -0.465 e. The first kappa shape index (κ1) is 26.4. The number of fused-ring (bicyclic) bond motifs is 2. The van der Waals surface area contributed by atoms with Gasteiger partial charge in [0.1, 0.15) is 11.2 Å². The third-order valence-corrected chi connectivity index (χ3v) is 7.64. The molecule has 1 aromatic heterocycles. The number of thioether (sulfide) groups is 1. The van der Waals surface area contributed by atoms with Gasteiger partial charge < -0.3 is 14.4 Å². The van der Waals surface area contributed by atoms with Gasteiger partial charge in [-0.2, -0.15) is 4.57 Å². The van der Waals surface area contributed by atoms with Crippen molar-refractivity contribution in [3.8, 4) is 0 Å². The van der Waals surface area contributed by atoms with E-state index in [0.717, 1.165) is 30.8 Å². The van der Waals surface area contributed by atoms with Gasteiger partial charge in [-0.1, -0.05) is 77.7 Å². The fraction of sp³-hybridized carbons (Fsp3) is 0.207. The van der Waals surface area contributed by atoms with Gasteiger partial charge in [-0.25, -0.2) is 4.79 Å². The monoisotopic (exact) mass is 533 g/mol. The number of para-hydroxylation sites is 2. The van der Waals surface area contributed by atoms with Crippen molar-refractivity contribution >= 4 is 57.0 Å². The molecule has 0 bridgehead atoms. The van der Waals surface area contributed by atoms with E-state index in [4.69, 9.17) is 9.47 Å². The van der Waals surface area contributed by atoms with E-state index in [-0.39, 0.29) is 25.0 Å². The van der Waals surface area contributed by atoms with E-state index in [2.05, 4.69) is 12.1 Å². The van der Waals surface area contributed by atoms with Crippen LogP contribution in [0.2, 0.25) is 0 Å². The minimum atomic E-state index is -0.249. The Morgan fingerprint density at radius 1 is 0.892 bits per heavy atom. The number of allylic oxidation sites excluding steroid dienone is 6. The van der Waals surface area contributed by atoms with Gasteiger partial charge in [0.15, 0.2) is 0 Å². The number of nitrogens with zero attached hydrogens (tertiary/aromatic N) is 2. The van der Waals surface area contributed by atoms with E-state index in [1.54, 1.807) is 23.1 Å².